The molecule has 4 aliphatic rings. The third-order valence-electron chi connectivity index (χ3n) is 7.03. The fourth-order valence-corrected chi connectivity index (χ4v) is 6.04. The number of hydrogen-bond acceptors (Lipinski definition) is 4. The van der Waals surface area contributed by atoms with Gasteiger partial charge in [0.1, 0.15) is 17.0 Å². The van der Waals surface area contributed by atoms with E-state index in [1.165, 1.54) is 0 Å². The van der Waals surface area contributed by atoms with Crippen LogP contribution in [-0.4, -0.2) is 27.9 Å². The summed E-state index contributed by atoms with van der Waals surface area (Å²) in [6, 6.07) is 8.74. The van der Waals surface area contributed by atoms with Crippen LogP contribution in [0.15, 0.2) is 30.3 Å². The van der Waals surface area contributed by atoms with E-state index in [-0.39, 0.29) is 29.0 Å². The lowest BCUT2D eigenvalue weighted by Gasteiger charge is -2.58. The highest BCUT2D eigenvalue weighted by Gasteiger charge is 2.58. The van der Waals surface area contributed by atoms with Crippen molar-refractivity contribution in [2.75, 3.05) is 0 Å². The van der Waals surface area contributed by atoms with E-state index in [9.17, 15) is 14.7 Å². The number of benzene rings is 1. The molecule has 2 amide bonds. The van der Waals surface area contributed by atoms with Crippen molar-refractivity contribution in [3.05, 3.63) is 36.0 Å². The lowest BCUT2D eigenvalue weighted by atomic mass is 9.47. The molecule has 0 spiro atoms. The Hall–Kier alpha value is -2.63. The topological polar surface area (TPSA) is 105 Å². The molecule has 0 aliphatic heterocycles. The summed E-state index contributed by atoms with van der Waals surface area (Å²) in [5, 5.41) is 14.0. The Morgan fingerprint density at radius 2 is 1.85 bits per heavy atom. The Bertz CT molecular complexity index is 941. The van der Waals surface area contributed by atoms with Crippen LogP contribution in [0.5, 0.6) is 5.75 Å². The highest BCUT2D eigenvalue weighted by atomic mass is 16.3. The van der Waals surface area contributed by atoms with Gasteiger partial charge in [-0.05, 0) is 62.0 Å². The molecular weight excluding hydrogens is 342 g/mol. The number of primary amides is 1. The maximum atomic E-state index is 12.9. The van der Waals surface area contributed by atoms with E-state index in [0.717, 1.165) is 37.5 Å². The molecule has 27 heavy (non-hydrogen) atoms. The summed E-state index contributed by atoms with van der Waals surface area (Å²) in [5.41, 5.74) is 6.12. The number of phenols is 1. The molecule has 4 bridgehead atoms. The van der Waals surface area contributed by atoms with Crippen molar-refractivity contribution in [2.24, 2.45) is 28.9 Å². The molecule has 4 fully saturated rings. The van der Waals surface area contributed by atoms with Crippen LogP contribution < -0.4 is 11.1 Å². The predicted molar refractivity (Wildman–Crippen MR) is 99.8 cm³/mol. The van der Waals surface area contributed by atoms with E-state index in [0.29, 0.717) is 29.0 Å². The number of rotatable bonds is 3. The van der Waals surface area contributed by atoms with Gasteiger partial charge in [0.2, 0.25) is 5.91 Å². The minimum absolute atomic E-state index is 0.0696. The molecule has 1 aromatic carbocycles. The summed E-state index contributed by atoms with van der Waals surface area (Å²) in [7, 11) is 0. The second kappa shape index (κ2) is 5.68. The second-order valence-electron chi connectivity index (χ2n) is 8.66. The summed E-state index contributed by atoms with van der Waals surface area (Å²) in [6.07, 6.45) is 4.60. The molecule has 2 atom stereocenters. The van der Waals surface area contributed by atoms with Gasteiger partial charge in [0.25, 0.3) is 5.91 Å². The fourth-order valence-electron chi connectivity index (χ4n) is 6.04. The van der Waals surface area contributed by atoms with Gasteiger partial charge in [0, 0.05) is 16.8 Å². The summed E-state index contributed by atoms with van der Waals surface area (Å²) >= 11 is 0. The van der Waals surface area contributed by atoms with Crippen molar-refractivity contribution in [3.63, 3.8) is 0 Å². The number of carbonyl (C=O) groups excluding carboxylic acids is 2. The van der Waals surface area contributed by atoms with Gasteiger partial charge in [-0.25, -0.2) is 4.98 Å². The maximum Gasteiger partial charge on any atom is 0.270 e. The zero-order valence-electron chi connectivity index (χ0n) is 15.0. The van der Waals surface area contributed by atoms with Gasteiger partial charge >= 0.3 is 0 Å². The molecule has 1 heterocycles. The van der Waals surface area contributed by atoms with Crippen LogP contribution in [0.25, 0.3) is 10.9 Å². The Morgan fingerprint density at radius 1 is 1.11 bits per heavy atom. The summed E-state index contributed by atoms with van der Waals surface area (Å²) in [6.45, 7) is 0. The largest absolute Gasteiger partial charge is 0.506 e. The fraction of sp³-hybridized carbons (Fsp3) is 0.476. The van der Waals surface area contributed by atoms with Crippen LogP contribution in [0.1, 0.15) is 42.6 Å². The highest BCUT2D eigenvalue weighted by Crippen LogP contribution is 2.59. The molecule has 0 saturated heterocycles. The number of pyridine rings is 1. The Kier molecular flexibility index (Phi) is 3.48. The average Bonchev–Trinajstić information content (AvgIpc) is 2.64. The SMILES string of the molecule is NC(=O)[C@]12CC3CC(C1)[C@@H](NC(=O)c1ccc4cccc(O)c4n1)C(C3)C2. The second-order valence-corrected chi connectivity index (χ2v) is 8.66. The summed E-state index contributed by atoms with van der Waals surface area (Å²) in [4.78, 5) is 29.3. The van der Waals surface area contributed by atoms with Crippen molar-refractivity contribution in [2.45, 2.75) is 38.1 Å². The Labute approximate surface area is 157 Å². The van der Waals surface area contributed by atoms with Gasteiger partial charge in [-0.2, -0.15) is 0 Å². The molecule has 6 nitrogen and oxygen atoms in total. The number of amides is 2. The number of nitrogens with two attached hydrogens (primary N) is 1. The molecule has 4 N–H and O–H groups in total. The number of hydrogen-bond donors (Lipinski definition) is 3. The smallest absolute Gasteiger partial charge is 0.270 e. The number of aromatic nitrogens is 1. The third kappa shape index (κ3) is 2.50. The van der Waals surface area contributed by atoms with E-state index in [1.54, 1.807) is 24.3 Å². The number of aromatic hydroxyl groups is 1. The van der Waals surface area contributed by atoms with Crippen LogP contribution in [0.2, 0.25) is 0 Å². The van der Waals surface area contributed by atoms with Crippen LogP contribution in [-0.2, 0) is 4.79 Å². The number of phenolic OH excluding ortho intramolecular Hbond substituents is 1. The first kappa shape index (κ1) is 16.5. The van der Waals surface area contributed by atoms with Gasteiger partial charge in [-0.1, -0.05) is 18.2 Å². The number of para-hydroxylation sites is 1. The normalized spacial score (nSPS) is 33.9. The molecule has 1 aromatic heterocycles. The van der Waals surface area contributed by atoms with E-state index in [4.69, 9.17) is 5.73 Å². The number of carbonyl (C=O) groups is 2. The van der Waals surface area contributed by atoms with Crippen LogP contribution in [0.3, 0.4) is 0 Å². The first-order chi connectivity index (χ1) is 12.9. The molecule has 0 radical (unpaired) electrons. The highest BCUT2D eigenvalue weighted by molar-refractivity contribution is 5.96. The number of fused-ring (bicyclic) bond motifs is 1. The molecule has 2 aromatic rings. The van der Waals surface area contributed by atoms with Gasteiger partial charge in [-0.3, -0.25) is 9.59 Å². The van der Waals surface area contributed by atoms with Crippen molar-refractivity contribution in [1.82, 2.24) is 10.3 Å². The van der Waals surface area contributed by atoms with E-state index in [2.05, 4.69) is 10.3 Å². The predicted octanol–water partition coefficient (Wildman–Crippen LogP) is 2.35. The Morgan fingerprint density at radius 3 is 2.56 bits per heavy atom. The van der Waals surface area contributed by atoms with Crippen molar-refractivity contribution in [3.8, 4) is 5.75 Å². The van der Waals surface area contributed by atoms with Crippen molar-refractivity contribution < 1.29 is 14.7 Å². The first-order valence-corrected chi connectivity index (χ1v) is 9.65. The summed E-state index contributed by atoms with van der Waals surface area (Å²) < 4.78 is 0. The van der Waals surface area contributed by atoms with Gasteiger partial charge in [0.15, 0.2) is 0 Å². The van der Waals surface area contributed by atoms with E-state index >= 15 is 0 Å². The van der Waals surface area contributed by atoms with Gasteiger partial charge in [0.05, 0.1) is 0 Å². The standard InChI is InChI=1S/C21H23N3O3/c22-20(27)21-8-11-6-13(9-21)17(14(7-11)10-21)24-19(26)15-5-4-12-2-1-3-16(25)18(12)23-15/h1-5,11,13-14,17,25H,6-10H2,(H2,22,27)(H,24,26)/t11?,13?,14?,17-,21-. The molecule has 4 saturated carbocycles. The van der Waals surface area contributed by atoms with Gasteiger partial charge < -0.3 is 16.2 Å². The van der Waals surface area contributed by atoms with Crippen LogP contribution in [0.4, 0.5) is 0 Å². The molecule has 6 rings (SSSR count). The molecule has 2 unspecified atom stereocenters. The molecular formula is C21H23N3O3. The molecule has 4 aliphatic carbocycles. The monoisotopic (exact) mass is 365 g/mol. The zero-order chi connectivity index (χ0) is 18.8. The molecule has 140 valence electrons. The van der Waals surface area contributed by atoms with Crippen LogP contribution in [0, 0.1) is 23.2 Å². The maximum absolute atomic E-state index is 12.9. The van der Waals surface area contributed by atoms with E-state index < -0.39 is 0 Å². The number of nitrogens with zero attached hydrogens (tertiary/aromatic N) is 1. The lowest BCUT2D eigenvalue weighted by Crippen LogP contribution is -2.62. The summed E-state index contributed by atoms with van der Waals surface area (Å²) in [5.74, 6) is 0.853. The Balaban J connectivity index is 1.39. The molecule has 6 heteroatoms. The quantitative estimate of drug-likeness (QED) is 0.776. The lowest BCUT2D eigenvalue weighted by molar-refractivity contribution is -0.145. The third-order valence-corrected chi connectivity index (χ3v) is 7.03. The van der Waals surface area contributed by atoms with Crippen molar-refractivity contribution in [1.29, 1.82) is 0 Å². The zero-order valence-corrected chi connectivity index (χ0v) is 15.0. The minimum atomic E-state index is -0.356. The number of nitrogens with one attached hydrogen (secondary N) is 1. The van der Waals surface area contributed by atoms with Crippen molar-refractivity contribution >= 4 is 22.7 Å². The average molecular weight is 365 g/mol. The van der Waals surface area contributed by atoms with E-state index in [1.807, 2.05) is 6.07 Å². The minimum Gasteiger partial charge on any atom is -0.506 e. The van der Waals surface area contributed by atoms with Crippen LogP contribution >= 0.6 is 0 Å². The first-order valence-electron chi connectivity index (χ1n) is 9.65. The van der Waals surface area contributed by atoms with Gasteiger partial charge in [-0.15, -0.1) is 0 Å².